The van der Waals surface area contributed by atoms with Gasteiger partial charge >= 0.3 is 0 Å². The molecule has 0 atom stereocenters. The molecular weight excluding hydrogens is 110 g/mol. The van der Waals surface area contributed by atoms with Gasteiger partial charge in [-0.2, -0.15) is 0 Å². The van der Waals surface area contributed by atoms with Crippen molar-refractivity contribution in [2.75, 3.05) is 0 Å². The van der Waals surface area contributed by atoms with Crippen molar-refractivity contribution in [3.63, 3.8) is 0 Å². The third kappa shape index (κ3) is 1.41. The molecule has 0 fully saturated rings. The first-order valence-electron chi connectivity index (χ1n) is 3.41. The highest BCUT2D eigenvalue weighted by atomic mass is 14.8. The number of allylic oxidation sites excluding steroid dienone is 2. The minimum atomic E-state index is 0.214. The lowest BCUT2D eigenvalue weighted by Crippen LogP contribution is -2.04. The van der Waals surface area contributed by atoms with Crippen LogP contribution in [0.4, 0.5) is 0 Å². The van der Waals surface area contributed by atoms with E-state index in [9.17, 15) is 0 Å². The van der Waals surface area contributed by atoms with Gasteiger partial charge in [0.15, 0.2) is 0 Å². The lowest BCUT2D eigenvalue weighted by molar-refractivity contribution is 0.702. The number of hydrogen-bond acceptors (Lipinski definition) is 1. The fourth-order valence-corrected chi connectivity index (χ4v) is 0.947. The summed E-state index contributed by atoms with van der Waals surface area (Å²) in [5.41, 5.74) is 1.44. The highest BCUT2D eigenvalue weighted by Crippen LogP contribution is 2.24. The van der Waals surface area contributed by atoms with Gasteiger partial charge in [0.05, 0.1) is 0 Å². The Morgan fingerprint density at radius 3 is 2.44 bits per heavy atom. The maximum atomic E-state index is 4.24. The predicted octanol–water partition coefficient (Wildman–Crippen LogP) is 2.39. The van der Waals surface area contributed by atoms with Crippen LogP contribution in [0.1, 0.15) is 27.2 Å². The molecule has 1 heterocycles. The normalized spacial score (nSPS) is 22.3. The largest absolute Gasteiger partial charge is 0.265 e. The molecule has 0 aromatic heterocycles. The summed E-state index contributed by atoms with van der Waals surface area (Å²) in [7, 11) is 0. The summed E-state index contributed by atoms with van der Waals surface area (Å²) in [4.78, 5) is 4.24. The van der Waals surface area contributed by atoms with Gasteiger partial charge in [-0.3, -0.25) is 4.99 Å². The van der Waals surface area contributed by atoms with E-state index in [4.69, 9.17) is 0 Å². The molecule has 0 aliphatic carbocycles. The predicted molar refractivity (Wildman–Crippen MR) is 40.6 cm³/mol. The third-order valence-electron chi connectivity index (χ3n) is 1.46. The topological polar surface area (TPSA) is 12.4 Å². The Hall–Kier alpha value is -0.590. The van der Waals surface area contributed by atoms with Crippen molar-refractivity contribution in [3.8, 4) is 0 Å². The summed E-state index contributed by atoms with van der Waals surface area (Å²) in [5.74, 6) is 0. The van der Waals surface area contributed by atoms with Crippen molar-refractivity contribution in [3.05, 3.63) is 11.8 Å². The van der Waals surface area contributed by atoms with Gasteiger partial charge in [-0.05, 0) is 6.42 Å². The molecule has 1 heteroatoms. The minimum absolute atomic E-state index is 0.214. The zero-order valence-electron chi connectivity index (χ0n) is 6.31. The Balaban J connectivity index is 2.74. The van der Waals surface area contributed by atoms with E-state index in [0.717, 1.165) is 6.42 Å². The molecule has 0 spiro atoms. The second-order valence-corrected chi connectivity index (χ2v) is 3.07. The van der Waals surface area contributed by atoms with Gasteiger partial charge in [0.2, 0.25) is 0 Å². The number of hydrogen-bond donors (Lipinski definition) is 0. The fraction of sp³-hybridized carbons (Fsp3) is 0.625. The van der Waals surface area contributed by atoms with Gasteiger partial charge in [0, 0.05) is 17.3 Å². The van der Waals surface area contributed by atoms with Gasteiger partial charge in [-0.15, -0.1) is 0 Å². The molecule has 9 heavy (non-hydrogen) atoms. The molecule has 50 valence electrons. The van der Waals surface area contributed by atoms with E-state index in [1.54, 1.807) is 0 Å². The molecule has 1 aliphatic rings. The first kappa shape index (κ1) is 6.53. The van der Waals surface area contributed by atoms with Crippen LogP contribution in [0.3, 0.4) is 0 Å². The summed E-state index contributed by atoms with van der Waals surface area (Å²) in [6.45, 7) is 6.46. The second kappa shape index (κ2) is 1.98. The summed E-state index contributed by atoms with van der Waals surface area (Å²) < 4.78 is 0. The quantitative estimate of drug-likeness (QED) is 0.507. The minimum Gasteiger partial charge on any atom is -0.265 e. The van der Waals surface area contributed by atoms with Crippen LogP contribution >= 0.6 is 0 Å². The van der Waals surface area contributed by atoms with Crippen molar-refractivity contribution in [2.24, 2.45) is 10.4 Å². The van der Waals surface area contributed by atoms with E-state index >= 15 is 0 Å². The SMILES string of the molecule is CCC1=CC(C)(C)C=N1. The van der Waals surface area contributed by atoms with Crippen LogP contribution in [0.5, 0.6) is 0 Å². The molecule has 0 bridgehead atoms. The standard InChI is InChI=1S/C8H13N/c1-4-7-5-8(2,3)6-9-7/h5-6H,4H2,1-3H3. The highest BCUT2D eigenvalue weighted by Gasteiger charge is 2.16. The molecule has 0 N–H and O–H groups in total. The molecule has 1 nitrogen and oxygen atoms in total. The Morgan fingerprint density at radius 2 is 2.22 bits per heavy atom. The zero-order valence-corrected chi connectivity index (χ0v) is 6.31. The van der Waals surface area contributed by atoms with Crippen LogP contribution in [-0.4, -0.2) is 6.21 Å². The van der Waals surface area contributed by atoms with Crippen molar-refractivity contribution in [2.45, 2.75) is 27.2 Å². The van der Waals surface area contributed by atoms with E-state index in [1.807, 2.05) is 6.21 Å². The van der Waals surface area contributed by atoms with Crippen molar-refractivity contribution < 1.29 is 0 Å². The summed E-state index contributed by atoms with van der Waals surface area (Å²) in [6, 6.07) is 0. The molecule has 0 saturated heterocycles. The van der Waals surface area contributed by atoms with Crippen LogP contribution < -0.4 is 0 Å². The fourth-order valence-electron chi connectivity index (χ4n) is 0.947. The van der Waals surface area contributed by atoms with Crippen LogP contribution in [0, 0.1) is 5.41 Å². The Labute approximate surface area is 56.5 Å². The average molecular weight is 123 g/mol. The Bertz CT molecular complexity index is 163. The first-order chi connectivity index (χ1) is 4.14. The number of nitrogens with zero attached hydrogens (tertiary/aromatic N) is 1. The third-order valence-corrected chi connectivity index (χ3v) is 1.46. The molecule has 1 aliphatic heterocycles. The van der Waals surface area contributed by atoms with E-state index < -0.39 is 0 Å². The van der Waals surface area contributed by atoms with Gasteiger partial charge < -0.3 is 0 Å². The van der Waals surface area contributed by atoms with Crippen molar-refractivity contribution >= 4 is 6.21 Å². The molecular formula is C8H13N. The van der Waals surface area contributed by atoms with E-state index in [1.165, 1.54) is 5.70 Å². The summed E-state index contributed by atoms with van der Waals surface area (Å²) >= 11 is 0. The number of rotatable bonds is 1. The van der Waals surface area contributed by atoms with Crippen LogP contribution in [0.25, 0.3) is 0 Å². The Kier molecular flexibility index (Phi) is 1.43. The number of aliphatic imine (C=N–C) groups is 1. The van der Waals surface area contributed by atoms with Gasteiger partial charge in [0.1, 0.15) is 0 Å². The zero-order chi connectivity index (χ0) is 6.91. The van der Waals surface area contributed by atoms with Crippen molar-refractivity contribution in [1.82, 2.24) is 0 Å². The molecule has 0 aromatic carbocycles. The molecule has 0 aromatic rings. The maximum Gasteiger partial charge on any atom is 0.0366 e. The van der Waals surface area contributed by atoms with E-state index in [0.29, 0.717) is 0 Å². The first-order valence-corrected chi connectivity index (χ1v) is 3.41. The molecule has 0 unspecified atom stereocenters. The lowest BCUT2D eigenvalue weighted by atomic mass is 9.96. The summed E-state index contributed by atoms with van der Waals surface area (Å²) in [6.07, 6.45) is 5.28. The average Bonchev–Trinajstić information content (AvgIpc) is 2.10. The highest BCUT2D eigenvalue weighted by molar-refractivity contribution is 5.72. The Morgan fingerprint density at radius 1 is 1.56 bits per heavy atom. The molecule has 0 saturated carbocycles. The molecule has 0 radical (unpaired) electrons. The van der Waals surface area contributed by atoms with Crippen LogP contribution in [0.2, 0.25) is 0 Å². The molecule has 0 amide bonds. The van der Waals surface area contributed by atoms with Crippen LogP contribution in [-0.2, 0) is 0 Å². The van der Waals surface area contributed by atoms with Crippen molar-refractivity contribution in [1.29, 1.82) is 0 Å². The monoisotopic (exact) mass is 123 g/mol. The van der Waals surface area contributed by atoms with Gasteiger partial charge in [0.25, 0.3) is 0 Å². The van der Waals surface area contributed by atoms with Gasteiger partial charge in [-0.1, -0.05) is 26.8 Å². The smallest absolute Gasteiger partial charge is 0.0366 e. The van der Waals surface area contributed by atoms with Crippen LogP contribution in [0.15, 0.2) is 16.8 Å². The second-order valence-electron chi connectivity index (χ2n) is 3.07. The molecule has 1 rings (SSSR count). The van der Waals surface area contributed by atoms with E-state index in [-0.39, 0.29) is 5.41 Å². The maximum absolute atomic E-state index is 4.24. The summed E-state index contributed by atoms with van der Waals surface area (Å²) in [5, 5.41) is 0. The van der Waals surface area contributed by atoms with E-state index in [2.05, 4.69) is 31.8 Å². The lowest BCUT2D eigenvalue weighted by Gasteiger charge is -2.06. The van der Waals surface area contributed by atoms with Gasteiger partial charge in [-0.25, -0.2) is 0 Å².